The molecule has 0 aliphatic carbocycles. The van der Waals surface area contributed by atoms with Crippen LogP contribution in [0.2, 0.25) is 5.02 Å². The maximum atomic E-state index is 13.1. The number of nitrogens with zero attached hydrogens (tertiary/aromatic N) is 1. The normalized spacial score (nSPS) is 14.9. The summed E-state index contributed by atoms with van der Waals surface area (Å²) >= 11 is 9.67. The minimum atomic E-state index is -0.825. The second-order valence-electron chi connectivity index (χ2n) is 6.64. The summed E-state index contributed by atoms with van der Waals surface area (Å²) in [6.45, 7) is 3.85. The minimum Gasteiger partial charge on any atom is -0.490 e. The topological polar surface area (TPSA) is 84.9 Å². The highest BCUT2D eigenvalue weighted by atomic mass is 79.9. The van der Waals surface area contributed by atoms with E-state index in [4.69, 9.17) is 27.5 Å². The number of barbiturate groups is 1. The van der Waals surface area contributed by atoms with Gasteiger partial charge >= 0.3 is 6.03 Å². The van der Waals surface area contributed by atoms with E-state index in [1.165, 1.54) is 12.1 Å². The van der Waals surface area contributed by atoms with Crippen molar-refractivity contribution in [2.75, 3.05) is 18.1 Å². The summed E-state index contributed by atoms with van der Waals surface area (Å²) in [6.07, 6.45) is 6.58. The largest absolute Gasteiger partial charge is 0.490 e. The van der Waals surface area contributed by atoms with Crippen LogP contribution in [0.1, 0.15) is 18.1 Å². The van der Waals surface area contributed by atoms with Gasteiger partial charge in [0.2, 0.25) is 0 Å². The molecule has 0 unspecified atom stereocenters. The number of terminal acetylenes is 1. The zero-order chi connectivity index (χ0) is 23.4. The van der Waals surface area contributed by atoms with Gasteiger partial charge in [-0.15, -0.1) is 6.42 Å². The number of imide groups is 2. The van der Waals surface area contributed by atoms with Gasteiger partial charge in [0.05, 0.1) is 17.3 Å². The van der Waals surface area contributed by atoms with Gasteiger partial charge in [0, 0.05) is 4.47 Å². The van der Waals surface area contributed by atoms with Crippen LogP contribution in [0.25, 0.3) is 6.08 Å². The number of carbonyl (C=O) groups is 3. The van der Waals surface area contributed by atoms with Gasteiger partial charge in [-0.05, 0) is 61.4 Å². The molecule has 2 aromatic carbocycles. The number of hydrogen-bond acceptors (Lipinski definition) is 5. The lowest BCUT2D eigenvalue weighted by molar-refractivity contribution is -0.122. The first-order chi connectivity index (χ1) is 15.3. The molecule has 3 rings (SSSR count). The molecule has 1 heterocycles. The maximum Gasteiger partial charge on any atom is 0.335 e. The molecule has 1 fully saturated rings. The Hall–Kier alpha value is -3.28. The number of ether oxygens (including phenoxy) is 2. The van der Waals surface area contributed by atoms with E-state index in [9.17, 15) is 14.4 Å². The summed E-state index contributed by atoms with van der Waals surface area (Å²) in [4.78, 5) is 39.0. The summed E-state index contributed by atoms with van der Waals surface area (Å²) in [7, 11) is 0. The van der Waals surface area contributed by atoms with Crippen LogP contribution in [0.15, 0.2) is 40.4 Å². The van der Waals surface area contributed by atoms with Crippen LogP contribution < -0.4 is 19.7 Å². The predicted molar refractivity (Wildman–Crippen MR) is 125 cm³/mol. The molecule has 1 aliphatic rings. The predicted octanol–water partition coefficient (Wildman–Crippen LogP) is 4.49. The first-order valence-corrected chi connectivity index (χ1v) is 10.6. The Morgan fingerprint density at radius 2 is 1.97 bits per heavy atom. The highest BCUT2D eigenvalue weighted by molar-refractivity contribution is 9.10. The van der Waals surface area contributed by atoms with E-state index < -0.39 is 17.8 Å². The van der Waals surface area contributed by atoms with Gasteiger partial charge in [0.25, 0.3) is 11.8 Å². The number of amides is 4. The molecule has 32 heavy (non-hydrogen) atoms. The third-order valence-electron chi connectivity index (χ3n) is 4.44. The van der Waals surface area contributed by atoms with Crippen molar-refractivity contribution in [3.8, 4) is 23.8 Å². The third kappa shape index (κ3) is 4.79. The van der Waals surface area contributed by atoms with E-state index in [0.29, 0.717) is 29.2 Å². The summed E-state index contributed by atoms with van der Waals surface area (Å²) < 4.78 is 11.8. The number of carbonyl (C=O) groups excluding carboxylic acids is 3. The first-order valence-electron chi connectivity index (χ1n) is 9.47. The standard InChI is InChI=1S/C23H18BrClN2O5/c1-4-8-32-20-17(25)11-14(12-19(20)31-5-2)10-16-21(28)26-23(30)27(22(16)29)18-7-6-15(24)9-13(18)3/h1,6-7,9-12H,5,8H2,2-3H3,(H,26,28,30)/b16-10-. The molecule has 1 aliphatic heterocycles. The average molecular weight is 518 g/mol. The van der Waals surface area contributed by atoms with Crippen molar-refractivity contribution in [1.82, 2.24) is 5.32 Å². The fourth-order valence-electron chi connectivity index (χ4n) is 3.10. The van der Waals surface area contributed by atoms with Gasteiger partial charge in [0.1, 0.15) is 12.2 Å². The molecule has 2 aromatic rings. The Labute approximate surface area is 198 Å². The van der Waals surface area contributed by atoms with Crippen LogP contribution in [-0.2, 0) is 9.59 Å². The van der Waals surface area contributed by atoms with Crippen LogP contribution in [0.3, 0.4) is 0 Å². The maximum absolute atomic E-state index is 13.1. The van der Waals surface area contributed by atoms with Crippen molar-refractivity contribution >= 4 is 57.1 Å². The van der Waals surface area contributed by atoms with E-state index in [1.807, 2.05) is 0 Å². The molecule has 7 nitrogen and oxygen atoms in total. The molecule has 164 valence electrons. The highest BCUT2D eigenvalue weighted by Gasteiger charge is 2.37. The molecule has 9 heteroatoms. The highest BCUT2D eigenvalue weighted by Crippen LogP contribution is 2.37. The van der Waals surface area contributed by atoms with E-state index in [1.54, 1.807) is 38.1 Å². The van der Waals surface area contributed by atoms with Gasteiger partial charge in [-0.25, -0.2) is 9.69 Å². The number of benzene rings is 2. The number of aryl methyl sites for hydroxylation is 1. The number of halogens is 2. The van der Waals surface area contributed by atoms with E-state index >= 15 is 0 Å². The number of urea groups is 1. The summed E-state index contributed by atoms with van der Waals surface area (Å²) in [6, 6.07) is 7.33. The lowest BCUT2D eigenvalue weighted by Gasteiger charge is -2.27. The molecule has 4 amide bonds. The monoisotopic (exact) mass is 516 g/mol. The van der Waals surface area contributed by atoms with Crippen molar-refractivity contribution in [2.45, 2.75) is 13.8 Å². The van der Waals surface area contributed by atoms with Crippen molar-refractivity contribution < 1.29 is 23.9 Å². The van der Waals surface area contributed by atoms with E-state index in [2.05, 4.69) is 27.2 Å². The number of anilines is 1. The van der Waals surface area contributed by atoms with Gasteiger partial charge in [0.15, 0.2) is 11.5 Å². The zero-order valence-electron chi connectivity index (χ0n) is 17.2. The molecule has 1 N–H and O–H groups in total. The summed E-state index contributed by atoms with van der Waals surface area (Å²) in [5, 5.41) is 2.39. The smallest absolute Gasteiger partial charge is 0.335 e. The Morgan fingerprint density at radius 1 is 1.22 bits per heavy atom. The van der Waals surface area contributed by atoms with Crippen LogP contribution in [0.5, 0.6) is 11.5 Å². The Balaban J connectivity index is 2.05. The third-order valence-corrected chi connectivity index (χ3v) is 5.22. The molecule has 0 spiro atoms. The van der Waals surface area contributed by atoms with Crippen molar-refractivity contribution in [1.29, 1.82) is 0 Å². The molecule has 0 aromatic heterocycles. The van der Waals surface area contributed by atoms with Crippen LogP contribution >= 0.6 is 27.5 Å². The van der Waals surface area contributed by atoms with E-state index in [0.717, 1.165) is 9.37 Å². The fourth-order valence-corrected chi connectivity index (χ4v) is 3.85. The van der Waals surface area contributed by atoms with Gasteiger partial charge in [-0.3, -0.25) is 14.9 Å². The first kappa shape index (κ1) is 23.4. The Morgan fingerprint density at radius 3 is 2.62 bits per heavy atom. The second kappa shape index (κ2) is 9.90. The summed E-state index contributed by atoms with van der Waals surface area (Å²) in [5.41, 5.74) is 1.21. The van der Waals surface area contributed by atoms with Crippen molar-refractivity contribution in [3.63, 3.8) is 0 Å². The van der Waals surface area contributed by atoms with E-state index in [-0.39, 0.29) is 23.0 Å². The van der Waals surface area contributed by atoms with Crippen molar-refractivity contribution in [3.05, 3.63) is 56.5 Å². The molecule has 1 saturated heterocycles. The van der Waals surface area contributed by atoms with Gasteiger partial charge in [-0.1, -0.05) is 33.5 Å². The van der Waals surface area contributed by atoms with Crippen LogP contribution in [0, 0.1) is 19.3 Å². The minimum absolute atomic E-state index is 0.00919. The quantitative estimate of drug-likeness (QED) is 0.347. The SMILES string of the molecule is C#CCOc1c(Cl)cc(/C=C2/C(=O)NC(=O)N(c3ccc(Br)cc3C)C2=O)cc1OCC. The Kier molecular flexibility index (Phi) is 7.23. The molecular weight excluding hydrogens is 500 g/mol. The molecule has 0 bridgehead atoms. The van der Waals surface area contributed by atoms with Crippen LogP contribution in [0.4, 0.5) is 10.5 Å². The second-order valence-corrected chi connectivity index (χ2v) is 7.97. The number of nitrogens with one attached hydrogen (secondary N) is 1. The average Bonchev–Trinajstić information content (AvgIpc) is 2.72. The molecular formula is C23H18BrClN2O5. The molecule has 0 atom stereocenters. The lowest BCUT2D eigenvalue weighted by atomic mass is 10.1. The number of rotatable bonds is 6. The lowest BCUT2D eigenvalue weighted by Crippen LogP contribution is -2.54. The van der Waals surface area contributed by atoms with Gasteiger partial charge < -0.3 is 9.47 Å². The zero-order valence-corrected chi connectivity index (χ0v) is 19.5. The molecule has 0 saturated carbocycles. The van der Waals surface area contributed by atoms with Crippen molar-refractivity contribution in [2.24, 2.45) is 0 Å². The van der Waals surface area contributed by atoms with Crippen LogP contribution in [-0.4, -0.2) is 31.1 Å². The summed E-state index contributed by atoms with van der Waals surface area (Å²) in [5.74, 6) is 1.35. The van der Waals surface area contributed by atoms with Gasteiger partial charge in [-0.2, -0.15) is 0 Å². The molecule has 0 radical (unpaired) electrons. The number of hydrogen-bond donors (Lipinski definition) is 1. The fraction of sp³-hybridized carbons (Fsp3) is 0.174. The Bertz CT molecular complexity index is 1190.